The van der Waals surface area contributed by atoms with Crippen LogP contribution >= 0.6 is 0 Å². The van der Waals surface area contributed by atoms with Gasteiger partial charge in [-0.25, -0.2) is 13.8 Å². The molecular weight excluding hydrogens is 360 g/mol. The number of amides is 1. The van der Waals surface area contributed by atoms with E-state index in [9.17, 15) is 13.6 Å². The molecule has 0 fully saturated rings. The van der Waals surface area contributed by atoms with Crippen LogP contribution in [0.5, 0.6) is 0 Å². The number of carbonyl (C=O) groups excluding carboxylic acids is 1. The van der Waals surface area contributed by atoms with Crippen molar-refractivity contribution < 1.29 is 13.6 Å². The largest absolute Gasteiger partial charge is 0.342 e. The quantitative estimate of drug-likeness (QED) is 0.658. The number of aromatic nitrogens is 2. The fourth-order valence-electron chi connectivity index (χ4n) is 3.33. The number of aryl methyl sites for hydroxylation is 1. The van der Waals surface area contributed by atoms with Crippen molar-refractivity contribution in [2.45, 2.75) is 47.6 Å². The first-order valence-electron chi connectivity index (χ1n) is 9.24. The van der Waals surface area contributed by atoms with Gasteiger partial charge in [0.05, 0.1) is 11.0 Å². The topological polar surface area (TPSA) is 46.9 Å². The number of benzene rings is 1. The van der Waals surface area contributed by atoms with Crippen molar-refractivity contribution in [1.29, 1.82) is 0 Å². The molecule has 3 rings (SSSR count). The van der Waals surface area contributed by atoms with Crippen molar-refractivity contribution in [2.24, 2.45) is 5.41 Å². The fourth-order valence-corrected chi connectivity index (χ4v) is 3.33. The number of anilines is 1. The zero-order valence-corrected chi connectivity index (χ0v) is 16.9. The third-order valence-corrected chi connectivity index (χ3v) is 4.67. The maximum atomic E-state index is 13.5. The molecule has 0 spiro atoms. The van der Waals surface area contributed by atoms with Crippen molar-refractivity contribution in [3.05, 3.63) is 58.8 Å². The summed E-state index contributed by atoms with van der Waals surface area (Å²) in [5.74, 6) is -0.715. The van der Waals surface area contributed by atoms with Crippen LogP contribution in [0.25, 0.3) is 11.0 Å². The summed E-state index contributed by atoms with van der Waals surface area (Å²) < 4.78 is 28.9. The highest BCUT2D eigenvalue weighted by atomic mass is 19.1. The van der Waals surface area contributed by atoms with E-state index in [0.717, 1.165) is 28.2 Å². The van der Waals surface area contributed by atoms with Crippen molar-refractivity contribution in [2.75, 3.05) is 5.32 Å². The predicted molar refractivity (Wildman–Crippen MR) is 107 cm³/mol. The Labute approximate surface area is 163 Å². The van der Waals surface area contributed by atoms with Crippen LogP contribution in [0.2, 0.25) is 0 Å². The first kappa shape index (κ1) is 20.0. The molecule has 0 aliphatic rings. The Balaban J connectivity index is 1.94. The number of rotatable bonds is 4. The van der Waals surface area contributed by atoms with Gasteiger partial charge in [-0.15, -0.1) is 0 Å². The number of hydrogen-bond donors (Lipinski definition) is 1. The van der Waals surface area contributed by atoms with Gasteiger partial charge in [-0.05, 0) is 54.2 Å². The third-order valence-electron chi connectivity index (χ3n) is 4.67. The highest BCUT2D eigenvalue weighted by Gasteiger charge is 2.19. The maximum absolute atomic E-state index is 13.5. The number of halogens is 2. The van der Waals surface area contributed by atoms with Gasteiger partial charge in [-0.2, -0.15) is 0 Å². The average Bonchev–Trinajstić information content (AvgIpc) is 2.92. The van der Waals surface area contributed by atoms with Gasteiger partial charge in [-0.3, -0.25) is 4.79 Å². The van der Waals surface area contributed by atoms with Gasteiger partial charge in [0.15, 0.2) is 0 Å². The first-order valence-corrected chi connectivity index (χ1v) is 9.24. The lowest BCUT2D eigenvalue weighted by molar-refractivity contribution is -0.117. The monoisotopic (exact) mass is 385 g/mol. The highest BCUT2D eigenvalue weighted by Crippen LogP contribution is 2.28. The summed E-state index contributed by atoms with van der Waals surface area (Å²) >= 11 is 0. The Morgan fingerprint density at radius 3 is 2.36 bits per heavy atom. The molecule has 0 saturated heterocycles. The molecule has 1 N–H and O–H groups in total. The van der Waals surface area contributed by atoms with Gasteiger partial charge in [0.25, 0.3) is 0 Å². The molecule has 1 aromatic carbocycles. The Hall–Kier alpha value is -2.76. The van der Waals surface area contributed by atoms with E-state index in [0.29, 0.717) is 24.3 Å². The van der Waals surface area contributed by atoms with Gasteiger partial charge in [0.1, 0.15) is 17.5 Å². The molecule has 6 heteroatoms. The van der Waals surface area contributed by atoms with Crippen LogP contribution in [-0.4, -0.2) is 15.5 Å². The normalized spacial score (nSPS) is 11.8. The summed E-state index contributed by atoms with van der Waals surface area (Å²) in [6, 6.07) is 5.36. The van der Waals surface area contributed by atoms with Crippen LogP contribution in [0, 0.1) is 30.9 Å². The number of hydrogen-bond acceptors (Lipinski definition) is 2. The van der Waals surface area contributed by atoms with Gasteiger partial charge >= 0.3 is 0 Å². The molecule has 1 amide bonds. The SMILES string of the molecule is Cc1c(NC(=O)CC(C)(C)C)nc2ccn(Cc3cc(F)cc(F)c3)c2c1C. The molecule has 0 aliphatic heterocycles. The lowest BCUT2D eigenvalue weighted by Gasteiger charge is -2.18. The van der Waals surface area contributed by atoms with E-state index in [-0.39, 0.29) is 11.3 Å². The minimum atomic E-state index is -0.596. The lowest BCUT2D eigenvalue weighted by Crippen LogP contribution is -2.21. The second kappa shape index (κ2) is 7.34. The molecule has 28 heavy (non-hydrogen) atoms. The second-order valence-electron chi connectivity index (χ2n) is 8.45. The Kier molecular flexibility index (Phi) is 5.24. The van der Waals surface area contributed by atoms with Gasteiger partial charge in [0, 0.05) is 25.2 Å². The number of nitrogens with zero attached hydrogens (tertiary/aromatic N) is 2. The number of fused-ring (bicyclic) bond motifs is 1. The van der Waals surface area contributed by atoms with Crippen LogP contribution in [0.1, 0.15) is 43.9 Å². The molecule has 148 valence electrons. The zero-order valence-electron chi connectivity index (χ0n) is 16.9. The van der Waals surface area contributed by atoms with Crippen molar-refractivity contribution in [3.63, 3.8) is 0 Å². The average molecular weight is 385 g/mol. The van der Waals surface area contributed by atoms with Crippen LogP contribution in [0.3, 0.4) is 0 Å². The molecule has 0 bridgehead atoms. The molecule has 0 saturated carbocycles. The van der Waals surface area contributed by atoms with E-state index in [1.165, 1.54) is 12.1 Å². The third kappa shape index (κ3) is 4.38. The molecule has 2 aromatic heterocycles. The van der Waals surface area contributed by atoms with Crippen LogP contribution in [0.15, 0.2) is 30.5 Å². The van der Waals surface area contributed by atoms with E-state index >= 15 is 0 Å². The summed E-state index contributed by atoms with van der Waals surface area (Å²) in [7, 11) is 0. The standard InChI is InChI=1S/C22H25F2N3O/c1-13-14(2)21(26-19(28)11-22(3,4)5)25-18-6-7-27(20(13)18)12-15-8-16(23)10-17(24)9-15/h6-10H,11-12H2,1-5H3,(H,25,26,28). The minimum absolute atomic E-state index is 0.0727. The number of nitrogens with one attached hydrogen (secondary N) is 1. The summed E-state index contributed by atoms with van der Waals surface area (Å²) in [4.78, 5) is 16.9. The molecule has 0 radical (unpaired) electrons. The summed E-state index contributed by atoms with van der Waals surface area (Å²) in [6.45, 7) is 10.2. The van der Waals surface area contributed by atoms with E-state index in [4.69, 9.17) is 0 Å². The molecule has 0 aliphatic carbocycles. The number of pyridine rings is 1. The van der Waals surface area contributed by atoms with Gasteiger partial charge < -0.3 is 9.88 Å². The van der Waals surface area contributed by atoms with Crippen LogP contribution in [0.4, 0.5) is 14.6 Å². The van der Waals surface area contributed by atoms with E-state index in [1.807, 2.05) is 51.4 Å². The van der Waals surface area contributed by atoms with Crippen LogP contribution in [-0.2, 0) is 11.3 Å². The second-order valence-corrected chi connectivity index (χ2v) is 8.45. The fraction of sp³-hybridized carbons (Fsp3) is 0.364. The summed E-state index contributed by atoms with van der Waals surface area (Å²) in [6.07, 6.45) is 2.24. The maximum Gasteiger partial charge on any atom is 0.226 e. The molecule has 0 unspecified atom stereocenters. The zero-order chi connectivity index (χ0) is 20.6. The first-order chi connectivity index (χ1) is 13.0. The smallest absolute Gasteiger partial charge is 0.226 e. The molecule has 4 nitrogen and oxygen atoms in total. The Bertz CT molecular complexity index is 1030. The predicted octanol–water partition coefficient (Wildman–Crippen LogP) is 5.35. The summed E-state index contributed by atoms with van der Waals surface area (Å²) in [5, 5.41) is 2.92. The molecule has 2 heterocycles. The van der Waals surface area contributed by atoms with E-state index in [1.54, 1.807) is 0 Å². The van der Waals surface area contributed by atoms with Crippen LogP contribution < -0.4 is 5.32 Å². The van der Waals surface area contributed by atoms with Gasteiger partial charge in [0.2, 0.25) is 5.91 Å². The van der Waals surface area contributed by atoms with Crippen molar-refractivity contribution in [3.8, 4) is 0 Å². The van der Waals surface area contributed by atoms with Crippen molar-refractivity contribution >= 4 is 22.8 Å². The minimum Gasteiger partial charge on any atom is -0.342 e. The Morgan fingerprint density at radius 2 is 1.75 bits per heavy atom. The molecule has 0 atom stereocenters. The van der Waals surface area contributed by atoms with Gasteiger partial charge in [-0.1, -0.05) is 20.8 Å². The summed E-state index contributed by atoms with van der Waals surface area (Å²) in [5.41, 5.74) is 3.88. The van der Waals surface area contributed by atoms with Crippen molar-refractivity contribution in [1.82, 2.24) is 9.55 Å². The Morgan fingerprint density at radius 1 is 1.11 bits per heavy atom. The number of carbonyl (C=O) groups is 1. The molecule has 3 aromatic rings. The van der Waals surface area contributed by atoms with E-state index < -0.39 is 11.6 Å². The highest BCUT2D eigenvalue weighted by molar-refractivity contribution is 5.93. The molecular formula is C22H25F2N3O. The van der Waals surface area contributed by atoms with E-state index in [2.05, 4.69) is 10.3 Å². The lowest BCUT2D eigenvalue weighted by atomic mass is 9.92.